The van der Waals surface area contributed by atoms with Crippen LogP contribution in [0.25, 0.3) is 21.7 Å². The van der Waals surface area contributed by atoms with Crippen molar-refractivity contribution < 1.29 is 42.9 Å². The van der Waals surface area contributed by atoms with E-state index >= 15 is 4.39 Å². The number of pyridine rings is 1. The Morgan fingerprint density at radius 3 is 2.40 bits per heavy atom. The fourth-order valence-corrected chi connectivity index (χ4v) is 12.8. The average molecular weight is 1090 g/mol. The lowest BCUT2D eigenvalue weighted by Crippen LogP contribution is -2.54. The van der Waals surface area contributed by atoms with Crippen molar-refractivity contribution in [3.05, 3.63) is 101 Å². The second-order valence-corrected chi connectivity index (χ2v) is 22.7. The zero-order valence-electron chi connectivity index (χ0n) is 44.4. The van der Waals surface area contributed by atoms with Crippen molar-refractivity contribution in [1.82, 2.24) is 40.4 Å². The molecule has 6 aromatic rings. The number of benzene rings is 2. The number of aromatic hydroxyl groups is 1. The van der Waals surface area contributed by atoms with Crippen molar-refractivity contribution >= 4 is 40.3 Å². The number of nitrogen functional groups attached to an aromatic ring is 1. The van der Waals surface area contributed by atoms with Gasteiger partial charge in [0.2, 0.25) is 23.5 Å². The van der Waals surface area contributed by atoms with E-state index in [1.165, 1.54) is 4.90 Å². The van der Waals surface area contributed by atoms with Gasteiger partial charge < -0.3 is 54.7 Å². The second kappa shape index (κ2) is 22.8. The minimum atomic E-state index is -1.10. The summed E-state index contributed by atoms with van der Waals surface area (Å²) in [6.07, 6.45) is 6.63. The van der Waals surface area contributed by atoms with Gasteiger partial charge in [-0.25, -0.2) is 9.97 Å². The number of fused-ring (bicyclic) bond motifs is 2. The third-order valence-corrected chi connectivity index (χ3v) is 17.2. The molecule has 78 heavy (non-hydrogen) atoms. The van der Waals surface area contributed by atoms with Gasteiger partial charge in [-0.15, -0.1) is 21.5 Å². The molecule has 4 aromatic heterocycles. The highest BCUT2D eigenvalue weighted by Gasteiger charge is 2.46. The molecule has 0 spiro atoms. The number of aromatic nitrogens is 5. The zero-order valence-corrected chi connectivity index (χ0v) is 45.2. The number of nitrogens with zero attached hydrogens (tertiary/aromatic N) is 9. The lowest BCUT2D eigenvalue weighted by molar-refractivity contribution is -0.141. The molecule has 19 nitrogen and oxygen atoms in total. The Balaban J connectivity index is 0.610. The summed E-state index contributed by atoms with van der Waals surface area (Å²) in [5.74, 6) is -2.74. The summed E-state index contributed by atoms with van der Waals surface area (Å²) in [6.45, 7) is 11.2. The number of phenolic OH excluding ortho intramolecular Hbond substituents is 1. The number of phenols is 1. The third-order valence-electron chi connectivity index (χ3n) is 16.2. The summed E-state index contributed by atoms with van der Waals surface area (Å²) in [4.78, 5) is 46.4. The Morgan fingerprint density at radius 2 is 1.68 bits per heavy atom. The predicted octanol–water partition coefficient (Wildman–Crippen LogP) is 7.29. The number of nitrogens with one attached hydrogen (secondary N) is 1. The SMILES string of the molecule is Cc1ncsc1-c1ccc([C@H](C)NC(=O)[C@@H]2C[C@@H](O)CN2C(=O)[C@H](c2onc(OCCN3CCC(O[C@H]4C[C@H](Oc5cc(N6C7CCC6CN(c6cc(-c8ccccc8O)nnc6N)C7)ccn5)C4)CC3)c2F)C(C)C)cc1. The van der Waals surface area contributed by atoms with Gasteiger partial charge in [-0.3, -0.25) is 14.5 Å². The summed E-state index contributed by atoms with van der Waals surface area (Å²) in [6, 6.07) is 20.3. The maximum absolute atomic E-state index is 16.1. The number of β-amino-alcohol motifs (C(OH)–C–C–N with tert-alkyl or cyclic N) is 1. The number of anilines is 3. The second-order valence-electron chi connectivity index (χ2n) is 21.8. The molecule has 412 valence electrons. The van der Waals surface area contributed by atoms with Crippen LogP contribution in [0.15, 0.2) is 83.0 Å². The molecule has 2 unspecified atom stereocenters. The third kappa shape index (κ3) is 11.2. The fraction of sp³-hybridized carbons (Fsp3) is 0.491. The number of aliphatic hydroxyl groups is 1. The topological polar surface area (TPSA) is 231 Å². The molecule has 4 aliphatic heterocycles. The van der Waals surface area contributed by atoms with Gasteiger partial charge in [-0.05, 0) is 86.0 Å². The summed E-state index contributed by atoms with van der Waals surface area (Å²) in [5, 5.41) is 36.6. The quantitative estimate of drug-likeness (QED) is 0.0662. The Hall–Kier alpha value is -6.94. The number of piperazine rings is 1. The van der Waals surface area contributed by atoms with Crippen molar-refractivity contribution in [1.29, 1.82) is 0 Å². The normalized spacial score (nSPS) is 23.3. The lowest BCUT2D eigenvalue weighted by atomic mass is 9.91. The molecule has 5 N–H and O–H groups in total. The van der Waals surface area contributed by atoms with E-state index in [1.807, 2.05) is 68.0 Å². The Kier molecular flexibility index (Phi) is 15.5. The van der Waals surface area contributed by atoms with Crippen LogP contribution >= 0.6 is 11.3 Å². The highest BCUT2D eigenvalue weighted by Crippen LogP contribution is 2.41. The number of nitrogens with two attached hydrogens (primary N) is 1. The fourth-order valence-electron chi connectivity index (χ4n) is 12.0. The Bertz CT molecular complexity index is 3060. The van der Waals surface area contributed by atoms with Crippen LogP contribution in [-0.2, 0) is 14.3 Å². The van der Waals surface area contributed by atoms with E-state index < -0.39 is 41.6 Å². The van der Waals surface area contributed by atoms with Gasteiger partial charge in [0.25, 0.3) is 5.88 Å². The molecule has 4 saturated heterocycles. The summed E-state index contributed by atoms with van der Waals surface area (Å²) in [7, 11) is 0. The molecule has 1 aliphatic carbocycles. The van der Waals surface area contributed by atoms with Gasteiger partial charge in [-0.1, -0.05) is 50.2 Å². The van der Waals surface area contributed by atoms with Crippen LogP contribution in [0.3, 0.4) is 0 Å². The molecule has 21 heteroatoms. The minimum absolute atomic E-state index is 0.0237. The van der Waals surface area contributed by atoms with Gasteiger partial charge in [0.1, 0.15) is 30.4 Å². The van der Waals surface area contributed by atoms with Crippen LogP contribution in [-0.4, -0.2) is 146 Å². The number of halogens is 1. The van der Waals surface area contributed by atoms with Gasteiger partial charge in [-0.2, -0.15) is 4.39 Å². The first-order valence-electron chi connectivity index (χ1n) is 27.3. The number of ether oxygens (including phenoxy) is 3. The maximum atomic E-state index is 16.1. The molecule has 2 bridgehead atoms. The molecular weight excluding hydrogens is 1020 g/mol. The molecule has 8 heterocycles. The van der Waals surface area contributed by atoms with Crippen LogP contribution in [0.5, 0.6) is 17.5 Å². The Morgan fingerprint density at radius 1 is 0.923 bits per heavy atom. The van der Waals surface area contributed by atoms with E-state index in [4.69, 9.17) is 24.5 Å². The van der Waals surface area contributed by atoms with Crippen molar-refractivity contribution in [2.24, 2.45) is 5.92 Å². The Labute approximate surface area is 456 Å². The zero-order chi connectivity index (χ0) is 54.2. The van der Waals surface area contributed by atoms with Crippen molar-refractivity contribution in [3.63, 3.8) is 0 Å². The molecule has 2 aromatic carbocycles. The van der Waals surface area contributed by atoms with E-state index in [9.17, 15) is 19.8 Å². The first-order valence-corrected chi connectivity index (χ1v) is 28.1. The number of hydrogen-bond donors (Lipinski definition) is 4. The number of para-hydroxylation sites is 1. The number of aryl methyl sites for hydroxylation is 1. The molecule has 0 radical (unpaired) electrons. The first-order chi connectivity index (χ1) is 37.7. The van der Waals surface area contributed by atoms with E-state index in [-0.39, 0.29) is 73.4 Å². The van der Waals surface area contributed by atoms with Crippen molar-refractivity contribution in [3.8, 4) is 39.2 Å². The van der Waals surface area contributed by atoms with E-state index in [1.54, 1.807) is 37.3 Å². The summed E-state index contributed by atoms with van der Waals surface area (Å²) in [5.41, 5.74) is 14.2. The predicted molar refractivity (Wildman–Crippen MR) is 292 cm³/mol. The number of amides is 2. The number of carbonyl (C=O) groups is 2. The monoisotopic (exact) mass is 1090 g/mol. The van der Waals surface area contributed by atoms with E-state index in [0.29, 0.717) is 29.5 Å². The van der Waals surface area contributed by atoms with Crippen LogP contribution in [0.4, 0.5) is 21.6 Å². The molecule has 1 saturated carbocycles. The molecule has 2 amide bonds. The van der Waals surface area contributed by atoms with Crippen molar-refractivity contribution in [2.75, 3.05) is 61.4 Å². The van der Waals surface area contributed by atoms with Gasteiger partial charge in [0.15, 0.2) is 11.6 Å². The summed E-state index contributed by atoms with van der Waals surface area (Å²) >= 11 is 1.57. The highest BCUT2D eigenvalue weighted by molar-refractivity contribution is 7.13. The molecular formula is C57H68FN11O8S. The highest BCUT2D eigenvalue weighted by atomic mass is 32.1. The van der Waals surface area contributed by atoms with Crippen molar-refractivity contribution in [2.45, 2.75) is 127 Å². The van der Waals surface area contributed by atoms with Gasteiger partial charge in [0.05, 0.1) is 51.8 Å². The number of hydrogen-bond acceptors (Lipinski definition) is 18. The summed E-state index contributed by atoms with van der Waals surface area (Å²) < 4.78 is 40.3. The smallest absolute Gasteiger partial charge is 0.291 e. The number of rotatable bonds is 18. The van der Waals surface area contributed by atoms with Crippen LogP contribution in [0, 0.1) is 18.7 Å². The number of aliphatic hydroxyl groups excluding tert-OH is 1. The maximum Gasteiger partial charge on any atom is 0.291 e. The largest absolute Gasteiger partial charge is 0.507 e. The van der Waals surface area contributed by atoms with Crippen LogP contribution in [0.2, 0.25) is 0 Å². The molecule has 6 atom stereocenters. The number of carbonyl (C=O) groups excluding carboxylic acids is 2. The van der Waals surface area contributed by atoms with Crippen LogP contribution in [0.1, 0.15) is 94.7 Å². The van der Waals surface area contributed by atoms with Gasteiger partial charge in [0, 0.05) is 94.1 Å². The first kappa shape index (κ1) is 53.1. The lowest BCUT2D eigenvalue weighted by Gasteiger charge is -2.43. The molecule has 11 rings (SSSR count). The molecule has 5 fully saturated rings. The number of piperidine rings is 1. The van der Waals surface area contributed by atoms with E-state index in [0.717, 1.165) is 97.8 Å². The standard InChI is InChI=1S/C57H68FN11O8S/c1-32(2)50(57(73)68-30-40(70)24-47(68)55(72)62-33(3)35-9-11-36(12-10-35)53-34(4)61-31-78-53)52-51(58)56(65-77-52)74-22-21-66-19-16-41(17-20-66)75-42-25-43(26-42)76-49-23-37(15-18-60-49)69-38-13-14-39(69)29-67(28-38)46-27-45(63-64-54(46)59)44-7-5-6-8-48(44)71/h5-12,15,18,23,27,31-33,38-43,47,50,70-71H,13-14,16-17,19-22,24-26,28-30H2,1-4H3,(H2,59,64)(H,62,72)/t33-,38?,39?,40+,42-,43-,47-,50-/m0/s1. The minimum Gasteiger partial charge on any atom is -0.507 e. The average Bonchev–Trinajstić information content (AvgIpc) is 4.26. The van der Waals surface area contributed by atoms with Gasteiger partial charge >= 0.3 is 0 Å². The van der Waals surface area contributed by atoms with Crippen LogP contribution < -0.4 is 30.3 Å². The van der Waals surface area contributed by atoms with E-state index in [2.05, 4.69) is 57.5 Å². The number of thiazole rings is 1. The molecule has 5 aliphatic rings. The number of likely N-dealkylation sites (tertiary alicyclic amines) is 2.